The Balaban J connectivity index is 1.79. The van der Waals surface area contributed by atoms with Crippen LogP contribution in [0.5, 0.6) is 0 Å². The molecular formula is C22H35NO8. The van der Waals surface area contributed by atoms with E-state index in [0.717, 1.165) is 6.54 Å². The van der Waals surface area contributed by atoms with E-state index >= 15 is 0 Å². The molecule has 31 heavy (non-hydrogen) atoms. The molecule has 9 heteroatoms. The monoisotopic (exact) mass is 441 g/mol. The quantitative estimate of drug-likeness (QED) is 0.127. The lowest BCUT2D eigenvalue weighted by atomic mass is 10.1. The summed E-state index contributed by atoms with van der Waals surface area (Å²) in [5.41, 5.74) is 0.306. The summed E-state index contributed by atoms with van der Waals surface area (Å²) >= 11 is 0. The van der Waals surface area contributed by atoms with Crippen LogP contribution >= 0.6 is 0 Å². The fraction of sp³-hybridized carbons (Fsp3) is 0.636. The number of ether oxygens (including phenoxy) is 6. The van der Waals surface area contributed by atoms with Crippen LogP contribution in [-0.2, 0) is 33.2 Å². The van der Waals surface area contributed by atoms with Gasteiger partial charge in [0, 0.05) is 12.1 Å². The molecule has 176 valence electrons. The van der Waals surface area contributed by atoms with Crippen molar-refractivity contribution in [3.63, 3.8) is 0 Å². The smallest absolute Gasteiger partial charge is 0.379 e. The molecule has 0 atom stereocenters. The van der Waals surface area contributed by atoms with Crippen molar-refractivity contribution in [3.8, 4) is 0 Å². The van der Waals surface area contributed by atoms with Crippen LogP contribution in [0.25, 0.3) is 0 Å². The van der Waals surface area contributed by atoms with Gasteiger partial charge >= 0.3 is 5.97 Å². The Morgan fingerprint density at radius 1 is 0.645 bits per heavy atom. The molecule has 0 aromatic heterocycles. The molecule has 0 bridgehead atoms. The topological polar surface area (TPSA) is 92.8 Å². The van der Waals surface area contributed by atoms with E-state index in [4.69, 9.17) is 28.4 Å². The summed E-state index contributed by atoms with van der Waals surface area (Å²) in [7, 11) is 4.01. The fourth-order valence-electron chi connectivity index (χ4n) is 2.20. The predicted molar refractivity (Wildman–Crippen MR) is 114 cm³/mol. The zero-order valence-corrected chi connectivity index (χ0v) is 18.6. The van der Waals surface area contributed by atoms with Crippen LogP contribution in [0, 0.1) is 0 Å². The summed E-state index contributed by atoms with van der Waals surface area (Å²) < 4.78 is 31.8. The molecule has 1 aromatic carbocycles. The number of carbonyl (C=O) groups is 2. The Labute approximate surface area is 184 Å². The molecule has 0 spiro atoms. The van der Waals surface area contributed by atoms with E-state index in [-0.39, 0.29) is 13.2 Å². The Morgan fingerprint density at radius 3 is 1.52 bits per heavy atom. The van der Waals surface area contributed by atoms with Gasteiger partial charge in [-0.2, -0.15) is 0 Å². The van der Waals surface area contributed by atoms with Gasteiger partial charge in [0.15, 0.2) is 0 Å². The van der Waals surface area contributed by atoms with Crippen molar-refractivity contribution >= 4 is 11.8 Å². The Bertz CT molecular complexity index is 582. The highest BCUT2D eigenvalue weighted by atomic mass is 16.6. The average molecular weight is 442 g/mol. The van der Waals surface area contributed by atoms with Gasteiger partial charge in [0.2, 0.25) is 0 Å². The standard InChI is InChI=1S/C22H35NO8/c1-23(2)8-9-26-10-11-27-12-13-28-14-15-29-16-17-30-18-19-31-22(25)21(24)20-6-4-3-5-7-20/h3-7H,8-19H2,1-2H3. The van der Waals surface area contributed by atoms with Crippen LogP contribution in [0.15, 0.2) is 30.3 Å². The minimum atomic E-state index is -0.885. The summed E-state index contributed by atoms with van der Waals surface area (Å²) in [6, 6.07) is 8.28. The molecular weight excluding hydrogens is 406 g/mol. The maximum atomic E-state index is 11.8. The second kappa shape index (κ2) is 18.9. The van der Waals surface area contributed by atoms with Crippen LogP contribution in [0.1, 0.15) is 10.4 Å². The van der Waals surface area contributed by atoms with E-state index in [2.05, 4.69) is 4.90 Å². The first-order valence-corrected chi connectivity index (χ1v) is 10.4. The largest absolute Gasteiger partial charge is 0.457 e. The first-order valence-electron chi connectivity index (χ1n) is 10.4. The third kappa shape index (κ3) is 15.6. The van der Waals surface area contributed by atoms with E-state index in [1.165, 1.54) is 0 Å². The molecule has 0 amide bonds. The van der Waals surface area contributed by atoms with Crippen molar-refractivity contribution < 1.29 is 38.0 Å². The summed E-state index contributed by atoms with van der Waals surface area (Å²) in [6.45, 7) is 5.67. The lowest BCUT2D eigenvalue weighted by Gasteiger charge is -2.10. The Morgan fingerprint density at radius 2 is 1.06 bits per heavy atom. The fourth-order valence-corrected chi connectivity index (χ4v) is 2.20. The molecule has 0 aliphatic carbocycles. The third-order valence-corrected chi connectivity index (χ3v) is 3.85. The van der Waals surface area contributed by atoms with Gasteiger partial charge in [0.05, 0.1) is 66.1 Å². The summed E-state index contributed by atoms with van der Waals surface area (Å²) in [4.78, 5) is 25.5. The molecule has 0 fully saturated rings. The minimum absolute atomic E-state index is 0.0151. The maximum Gasteiger partial charge on any atom is 0.379 e. The Kier molecular flexibility index (Phi) is 16.5. The van der Waals surface area contributed by atoms with Crippen molar-refractivity contribution in [2.75, 3.05) is 93.3 Å². The van der Waals surface area contributed by atoms with Crippen molar-refractivity contribution in [2.45, 2.75) is 0 Å². The van der Waals surface area contributed by atoms with E-state index < -0.39 is 11.8 Å². The second-order valence-electron chi connectivity index (χ2n) is 6.70. The van der Waals surface area contributed by atoms with E-state index in [1.807, 2.05) is 14.1 Å². The number of benzene rings is 1. The normalized spacial score (nSPS) is 11.1. The molecule has 0 radical (unpaired) electrons. The first kappa shape index (κ1) is 27.2. The molecule has 0 aliphatic rings. The highest BCUT2D eigenvalue weighted by Gasteiger charge is 2.16. The van der Waals surface area contributed by atoms with Gasteiger partial charge in [-0.05, 0) is 14.1 Å². The predicted octanol–water partition coefficient (Wildman–Crippen LogP) is 1.06. The number of esters is 1. The second-order valence-corrected chi connectivity index (χ2v) is 6.70. The van der Waals surface area contributed by atoms with Crippen molar-refractivity contribution in [1.29, 1.82) is 0 Å². The summed E-state index contributed by atoms with van der Waals surface area (Å²) in [5.74, 6) is -1.55. The number of rotatable bonds is 20. The number of hydrogen-bond donors (Lipinski definition) is 0. The van der Waals surface area contributed by atoms with Crippen molar-refractivity contribution in [3.05, 3.63) is 35.9 Å². The van der Waals surface area contributed by atoms with Crippen LogP contribution in [0.4, 0.5) is 0 Å². The molecule has 0 heterocycles. The number of Topliss-reactive ketones (excluding diaryl/α,β-unsaturated/α-hetero) is 1. The molecule has 0 N–H and O–H groups in total. The van der Waals surface area contributed by atoms with Gasteiger partial charge in [0.25, 0.3) is 5.78 Å². The zero-order valence-electron chi connectivity index (χ0n) is 18.6. The average Bonchev–Trinajstić information content (AvgIpc) is 2.78. The van der Waals surface area contributed by atoms with Crippen LogP contribution < -0.4 is 0 Å². The van der Waals surface area contributed by atoms with Gasteiger partial charge in [0.1, 0.15) is 6.61 Å². The number of nitrogens with zero attached hydrogens (tertiary/aromatic N) is 1. The number of likely N-dealkylation sites (N-methyl/N-ethyl adjacent to an activating group) is 1. The van der Waals surface area contributed by atoms with E-state index in [1.54, 1.807) is 30.3 Å². The molecule has 0 saturated heterocycles. The first-order chi connectivity index (χ1) is 15.1. The molecule has 0 aliphatic heterocycles. The SMILES string of the molecule is CN(C)CCOCCOCCOCCOCCOCCOC(=O)C(=O)c1ccccc1. The summed E-state index contributed by atoms with van der Waals surface area (Å²) in [6.07, 6.45) is 0. The number of hydrogen-bond acceptors (Lipinski definition) is 9. The van der Waals surface area contributed by atoms with Gasteiger partial charge in [-0.1, -0.05) is 30.3 Å². The third-order valence-electron chi connectivity index (χ3n) is 3.85. The van der Waals surface area contributed by atoms with E-state index in [0.29, 0.717) is 65.0 Å². The number of carbonyl (C=O) groups excluding carboxylic acids is 2. The van der Waals surface area contributed by atoms with Crippen LogP contribution in [-0.4, -0.2) is 110 Å². The lowest BCUT2D eigenvalue weighted by Crippen LogP contribution is -2.20. The van der Waals surface area contributed by atoms with Crippen molar-refractivity contribution in [1.82, 2.24) is 4.90 Å². The van der Waals surface area contributed by atoms with Crippen molar-refractivity contribution in [2.24, 2.45) is 0 Å². The maximum absolute atomic E-state index is 11.8. The molecule has 0 unspecified atom stereocenters. The molecule has 0 saturated carbocycles. The van der Waals surface area contributed by atoms with Gasteiger partial charge in [-0.15, -0.1) is 0 Å². The summed E-state index contributed by atoms with van der Waals surface area (Å²) in [5, 5.41) is 0. The number of ketones is 1. The van der Waals surface area contributed by atoms with Gasteiger partial charge in [-0.25, -0.2) is 4.79 Å². The molecule has 1 aromatic rings. The highest BCUT2D eigenvalue weighted by molar-refractivity contribution is 6.40. The highest BCUT2D eigenvalue weighted by Crippen LogP contribution is 2.01. The Hall–Kier alpha value is -1.88. The van der Waals surface area contributed by atoms with Gasteiger partial charge < -0.3 is 33.3 Å². The van der Waals surface area contributed by atoms with Crippen LogP contribution in [0.2, 0.25) is 0 Å². The zero-order chi connectivity index (χ0) is 22.6. The molecule has 1 rings (SSSR count). The minimum Gasteiger partial charge on any atom is -0.457 e. The lowest BCUT2D eigenvalue weighted by molar-refractivity contribution is -0.139. The van der Waals surface area contributed by atoms with Crippen LogP contribution in [0.3, 0.4) is 0 Å². The van der Waals surface area contributed by atoms with E-state index in [9.17, 15) is 9.59 Å². The van der Waals surface area contributed by atoms with Gasteiger partial charge in [-0.3, -0.25) is 4.79 Å². The molecule has 9 nitrogen and oxygen atoms in total.